The van der Waals surface area contributed by atoms with Crippen LogP contribution < -0.4 is 0 Å². The van der Waals surface area contributed by atoms with Crippen molar-refractivity contribution in [1.82, 2.24) is 0 Å². The molecule has 0 spiro atoms. The van der Waals surface area contributed by atoms with Crippen molar-refractivity contribution in [3.05, 3.63) is 45.3 Å². The number of thioether (sulfide) groups is 1. The third-order valence-corrected chi connectivity index (χ3v) is 29.7. The van der Waals surface area contributed by atoms with Crippen molar-refractivity contribution in [3.63, 3.8) is 0 Å². The first-order valence-electron chi connectivity index (χ1n) is 33.2. The number of unbranched alkanes of at least 4 members (excludes halogenated alkanes) is 2. The van der Waals surface area contributed by atoms with E-state index in [0.717, 1.165) is 61.7 Å². The van der Waals surface area contributed by atoms with Gasteiger partial charge in [-0.15, -0.1) is 11.8 Å². The first-order chi connectivity index (χ1) is 40.8. The molecule has 488 valence electrons. The number of aliphatic hydroxyl groups is 2. The standard InChI is InChI=1S/C36H52O8S.C36H52O6S/c1-9-10-17-45(42,43)20-22-28(39)32(4,21-37)25-11-12-33(5)26(35(25,7)29(22)40)18-24(38)27-23-19-31(2,3)13-15-36(23,30(41)44-8)16-14-34(27,33)6;1-9-10-17-43-20-22-28(39)32(4,21-37)25-11-12-33(5)26(35(25,7)29(22)40)18-24(38)27-23-19-31(2,3)13-15-36(23,30(41)42-8)16-14-34(27,33)6/h18,20,23,25,27,37H,9-17,19,21H2,1-8H3;18,20,23,25,27,37H,9-17,19,21H2,1-8H3/b2*22-20-/t2*23-,25-,27-,32+,33+,34+,35-,36-/m00/s1. The molecule has 0 bridgehead atoms. The molecule has 16 atom stereocenters. The SMILES string of the molecule is CCCCS(=O)(=O)/C=C1\C(=O)[C@]2(C)C3=CC(=O)[C@@H]4[C@@H]5CC(C)(C)CC[C@]5(C(=O)OC)CC[C@@]4(C)[C@]3(C)CC[C@H]2[C@@](C)(CO)C1=O.CCCCS/C=C1\C(=O)[C@]2(C)C3=CC(=O)[C@@H]4[C@@H]5CC(C)(C)CC[C@]5(C(=O)OC)CC[C@@]4(C)[C@]3(C)CC[C@H]2[C@@](C)(CO)C1=O. The monoisotopic (exact) mass is 1260 g/mol. The van der Waals surface area contributed by atoms with Gasteiger partial charge in [0.2, 0.25) is 0 Å². The Bertz CT molecular complexity index is 3220. The molecule has 14 nitrogen and oxygen atoms in total. The van der Waals surface area contributed by atoms with Gasteiger partial charge in [0.1, 0.15) is 0 Å². The third kappa shape index (κ3) is 9.54. The average Bonchev–Trinajstić information content (AvgIpc) is 0.675. The number of ether oxygens (including phenoxy) is 2. The summed E-state index contributed by atoms with van der Waals surface area (Å²) in [6.45, 7) is 27.8. The van der Waals surface area contributed by atoms with Gasteiger partial charge >= 0.3 is 11.9 Å². The Labute approximate surface area is 529 Å². The van der Waals surface area contributed by atoms with Crippen molar-refractivity contribution < 1.29 is 66.5 Å². The molecule has 0 heterocycles. The summed E-state index contributed by atoms with van der Waals surface area (Å²) in [6, 6.07) is 0. The van der Waals surface area contributed by atoms with Crippen LogP contribution in [0.2, 0.25) is 0 Å². The number of fused-ring (bicyclic) bond motifs is 14. The molecule has 8 fully saturated rings. The molecular formula is C72H104O14S2. The average molecular weight is 1260 g/mol. The second kappa shape index (κ2) is 22.7. The zero-order valence-corrected chi connectivity index (χ0v) is 57.6. The minimum Gasteiger partial charge on any atom is -0.469 e. The van der Waals surface area contributed by atoms with Gasteiger partial charge in [-0.1, -0.05) is 82.1 Å². The van der Waals surface area contributed by atoms with E-state index >= 15 is 0 Å². The molecule has 0 aromatic heterocycles. The molecule has 2 N–H and O–H groups in total. The summed E-state index contributed by atoms with van der Waals surface area (Å²) in [5, 5.41) is 24.0. The molecule has 0 amide bonds. The molecule has 8 saturated carbocycles. The molecule has 10 rings (SSSR count). The Morgan fingerprint density at radius 3 is 1.33 bits per heavy atom. The van der Waals surface area contributed by atoms with Gasteiger partial charge in [-0.3, -0.25) is 38.4 Å². The smallest absolute Gasteiger partial charge is 0.312 e. The lowest BCUT2D eigenvalue weighted by molar-refractivity contribution is -0.194. The number of methoxy groups -OCH3 is 2. The number of sulfone groups is 1. The van der Waals surface area contributed by atoms with Crippen LogP contribution >= 0.6 is 11.8 Å². The van der Waals surface area contributed by atoms with E-state index in [1.54, 1.807) is 31.4 Å². The first-order valence-corrected chi connectivity index (χ1v) is 35.9. The highest BCUT2D eigenvalue weighted by molar-refractivity contribution is 8.02. The van der Waals surface area contributed by atoms with Gasteiger partial charge in [0, 0.05) is 17.2 Å². The van der Waals surface area contributed by atoms with E-state index in [-0.39, 0.29) is 81.6 Å². The lowest BCUT2D eigenvalue weighted by Crippen LogP contribution is -2.68. The van der Waals surface area contributed by atoms with Crippen LogP contribution in [0, 0.1) is 100 Å². The lowest BCUT2D eigenvalue weighted by Gasteiger charge is -2.69. The second-order valence-corrected chi connectivity index (χ2v) is 35.6. The number of carbonyl (C=O) groups is 8. The van der Waals surface area contributed by atoms with Gasteiger partial charge in [-0.2, -0.15) is 0 Å². The van der Waals surface area contributed by atoms with Crippen LogP contribution in [0.25, 0.3) is 0 Å². The Hall–Kier alpha value is -3.86. The predicted octanol–water partition coefficient (Wildman–Crippen LogP) is 12.5. The van der Waals surface area contributed by atoms with E-state index in [1.165, 1.54) is 26.0 Å². The van der Waals surface area contributed by atoms with E-state index in [2.05, 4.69) is 62.3 Å². The number of carbonyl (C=O) groups excluding carboxylic acids is 8. The summed E-state index contributed by atoms with van der Waals surface area (Å²) < 4.78 is 37.0. The van der Waals surface area contributed by atoms with Crippen molar-refractivity contribution in [1.29, 1.82) is 0 Å². The Kier molecular flexibility index (Phi) is 17.7. The Morgan fingerprint density at radius 1 is 0.557 bits per heavy atom. The highest BCUT2D eigenvalue weighted by Crippen LogP contribution is 2.77. The largest absolute Gasteiger partial charge is 0.469 e. The molecule has 88 heavy (non-hydrogen) atoms. The number of ketones is 6. The van der Waals surface area contributed by atoms with E-state index in [4.69, 9.17) is 9.47 Å². The van der Waals surface area contributed by atoms with Crippen molar-refractivity contribution in [2.24, 2.45) is 100 Å². The lowest BCUT2D eigenvalue weighted by atomic mass is 9.33. The van der Waals surface area contributed by atoms with Crippen LogP contribution in [0.15, 0.2) is 45.3 Å². The van der Waals surface area contributed by atoms with Crippen molar-refractivity contribution in [2.45, 2.75) is 213 Å². The topological polar surface area (TPSA) is 230 Å². The van der Waals surface area contributed by atoms with Crippen LogP contribution in [0.1, 0.15) is 213 Å². The molecule has 10 aliphatic rings. The van der Waals surface area contributed by atoms with E-state index in [0.29, 0.717) is 76.2 Å². The Morgan fingerprint density at radius 2 is 0.943 bits per heavy atom. The molecule has 0 unspecified atom stereocenters. The van der Waals surface area contributed by atoms with Crippen LogP contribution in [0.3, 0.4) is 0 Å². The zero-order valence-electron chi connectivity index (χ0n) is 55.9. The van der Waals surface area contributed by atoms with E-state index in [1.807, 2.05) is 20.8 Å². The summed E-state index contributed by atoms with van der Waals surface area (Å²) in [5.74, 6) is -3.75. The van der Waals surface area contributed by atoms with Crippen molar-refractivity contribution >= 4 is 68.2 Å². The van der Waals surface area contributed by atoms with E-state index < -0.39 is 105 Å². The van der Waals surface area contributed by atoms with Crippen LogP contribution in [-0.4, -0.2) is 104 Å². The van der Waals surface area contributed by atoms with Crippen molar-refractivity contribution in [3.8, 4) is 0 Å². The van der Waals surface area contributed by atoms with Crippen LogP contribution in [-0.2, 0) is 57.7 Å². The van der Waals surface area contributed by atoms with Gasteiger partial charge in [0.25, 0.3) is 0 Å². The fourth-order valence-electron chi connectivity index (χ4n) is 21.5. The number of hydrogen-bond donors (Lipinski definition) is 2. The predicted molar refractivity (Wildman–Crippen MR) is 340 cm³/mol. The van der Waals surface area contributed by atoms with Crippen LogP contribution in [0.4, 0.5) is 0 Å². The summed E-state index contributed by atoms with van der Waals surface area (Å²) in [5.41, 5.74) is -7.32. The summed E-state index contributed by atoms with van der Waals surface area (Å²) in [6.07, 6.45) is 16.1. The molecule has 0 saturated heterocycles. The highest BCUT2D eigenvalue weighted by Gasteiger charge is 2.76. The fraction of sp³-hybridized carbons (Fsp3) is 0.778. The molecule has 0 radical (unpaired) electrons. The van der Waals surface area contributed by atoms with Gasteiger partial charge in [0.15, 0.2) is 44.5 Å². The Balaban J connectivity index is 0.000000210. The number of esters is 2. The fourth-order valence-corrected chi connectivity index (χ4v) is 23.9. The van der Waals surface area contributed by atoms with E-state index in [9.17, 15) is 57.0 Å². The van der Waals surface area contributed by atoms with Crippen molar-refractivity contribution in [2.75, 3.05) is 38.9 Å². The van der Waals surface area contributed by atoms with Crippen LogP contribution in [0.5, 0.6) is 0 Å². The minimum atomic E-state index is -3.88. The molecule has 0 aromatic carbocycles. The number of allylic oxidation sites excluding steroid dienone is 6. The van der Waals surface area contributed by atoms with Gasteiger partial charge < -0.3 is 19.7 Å². The molecule has 0 aliphatic heterocycles. The summed E-state index contributed by atoms with van der Waals surface area (Å²) >= 11 is 1.49. The first kappa shape index (κ1) is 68.5. The number of aliphatic hydroxyl groups excluding tert-OH is 2. The number of rotatable bonds is 12. The highest BCUT2D eigenvalue weighted by atomic mass is 32.2. The zero-order chi connectivity index (χ0) is 65.4. The summed E-state index contributed by atoms with van der Waals surface area (Å²) in [7, 11) is -0.988. The van der Waals surface area contributed by atoms with Gasteiger partial charge in [0.05, 0.1) is 76.8 Å². The number of hydrogen-bond acceptors (Lipinski definition) is 15. The maximum absolute atomic E-state index is 14.7. The normalized spacial score (nSPS) is 44.0. The van der Waals surface area contributed by atoms with Gasteiger partial charge in [-0.25, -0.2) is 8.42 Å². The molecule has 0 aromatic rings. The third-order valence-electron chi connectivity index (χ3n) is 27.3. The molecule has 10 aliphatic carbocycles. The molecule has 16 heteroatoms. The molecular weight excluding hydrogens is 1150 g/mol. The maximum atomic E-state index is 14.7. The second-order valence-electron chi connectivity index (χ2n) is 32.7. The number of Topliss-reactive ketones (excluding diaryl/α,β-unsaturated/α-hetero) is 4. The van der Waals surface area contributed by atoms with Gasteiger partial charge in [-0.05, 0) is 221 Å². The summed E-state index contributed by atoms with van der Waals surface area (Å²) in [4.78, 5) is 113. The minimum absolute atomic E-state index is 0.00535. The quantitative estimate of drug-likeness (QED) is 0.0801. The maximum Gasteiger partial charge on any atom is 0.312 e.